The van der Waals surface area contributed by atoms with E-state index in [4.69, 9.17) is 9.72 Å². The predicted molar refractivity (Wildman–Crippen MR) is 155 cm³/mol. The van der Waals surface area contributed by atoms with Crippen molar-refractivity contribution in [2.75, 3.05) is 16.8 Å². The standard InChI is InChI=1S/C29H31N5O5.ClH/c1-4-22(17-27(35)36)34(25-8-6-7-15-30-25)28(37)20-11-14-24-23(16-20)32-26(33(24)3)18-31-21-12-9-19(10-13-21)29(38)39-5-2;/h6-16,22,31H,4-5,17-18H2,1-3H3,(H,35,36);1H. The summed E-state index contributed by atoms with van der Waals surface area (Å²) in [7, 11) is 1.90. The number of amides is 1. The Kier molecular flexibility index (Phi) is 10.2. The third-order valence-electron chi connectivity index (χ3n) is 6.43. The number of pyridine rings is 1. The number of carbonyl (C=O) groups is 3. The molecule has 2 N–H and O–H groups in total. The number of hydrogen-bond acceptors (Lipinski definition) is 7. The lowest BCUT2D eigenvalue weighted by molar-refractivity contribution is -0.137. The van der Waals surface area contributed by atoms with E-state index in [2.05, 4.69) is 10.3 Å². The molecule has 210 valence electrons. The van der Waals surface area contributed by atoms with Crippen molar-refractivity contribution in [1.29, 1.82) is 0 Å². The maximum Gasteiger partial charge on any atom is 0.338 e. The molecule has 1 amide bonds. The summed E-state index contributed by atoms with van der Waals surface area (Å²) in [6.45, 7) is 4.36. The SMILES string of the molecule is CCOC(=O)c1ccc(NCc2nc3cc(C(=O)N(c4ccccn4)C(CC)CC(=O)O)ccc3n2C)cc1.Cl. The second-order valence-corrected chi connectivity index (χ2v) is 8.96. The van der Waals surface area contributed by atoms with Crippen molar-refractivity contribution >= 4 is 52.8 Å². The number of nitrogens with zero attached hydrogens (tertiary/aromatic N) is 4. The maximum atomic E-state index is 13.7. The number of rotatable bonds is 11. The van der Waals surface area contributed by atoms with Crippen LogP contribution >= 0.6 is 12.4 Å². The Morgan fingerprint density at radius 1 is 1.05 bits per heavy atom. The molecule has 1 unspecified atom stereocenters. The number of carboxylic acids is 1. The highest BCUT2D eigenvalue weighted by atomic mass is 35.5. The summed E-state index contributed by atoms with van der Waals surface area (Å²) in [6, 6.07) is 16.9. The molecule has 0 bridgehead atoms. The van der Waals surface area contributed by atoms with Crippen molar-refractivity contribution in [2.24, 2.45) is 7.05 Å². The summed E-state index contributed by atoms with van der Waals surface area (Å²) in [5, 5.41) is 12.7. The second kappa shape index (κ2) is 13.6. The van der Waals surface area contributed by atoms with E-state index < -0.39 is 12.0 Å². The minimum atomic E-state index is -0.983. The molecule has 0 aliphatic heterocycles. The number of imidazole rings is 1. The van der Waals surface area contributed by atoms with Crippen molar-refractivity contribution in [3.8, 4) is 0 Å². The first-order valence-corrected chi connectivity index (χ1v) is 12.7. The van der Waals surface area contributed by atoms with Crippen LogP contribution in [0.2, 0.25) is 0 Å². The lowest BCUT2D eigenvalue weighted by Crippen LogP contribution is -2.42. The van der Waals surface area contributed by atoms with Gasteiger partial charge in [0.1, 0.15) is 11.6 Å². The summed E-state index contributed by atoms with van der Waals surface area (Å²) >= 11 is 0. The van der Waals surface area contributed by atoms with Crippen LogP contribution in [0.5, 0.6) is 0 Å². The van der Waals surface area contributed by atoms with Gasteiger partial charge in [-0.15, -0.1) is 12.4 Å². The summed E-state index contributed by atoms with van der Waals surface area (Å²) < 4.78 is 6.96. The Labute approximate surface area is 238 Å². The van der Waals surface area contributed by atoms with Gasteiger partial charge in [-0.3, -0.25) is 14.5 Å². The van der Waals surface area contributed by atoms with Crippen LogP contribution in [0.4, 0.5) is 11.5 Å². The molecule has 0 aliphatic rings. The van der Waals surface area contributed by atoms with Crippen molar-refractivity contribution in [3.05, 3.63) is 83.8 Å². The molecule has 4 rings (SSSR count). The molecule has 2 heterocycles. The number of esters is 1. The molecule has 40 heavy (non-hydrogen) atoms. The average Bonchev–Trinajstić information content (AvgIpc) is 3.26. The number of carboxylic acid groups (broad SMARTS) is 1. The number of carbonyl (C=O) groups excluding carboxylic acids is 2. The smallest absolute Gasteiger partial charge is 0.338 e. The molecule has 2 aromatic heterocycles. The molecule has 0 spiro atoms. The van der Waals surface area contributed by atoms with E-state index >= 15 is 0 Å². The maximum absolute atomic E-state index is 13.7. The quantitative estimate of drug-likeness (QED) is 0.241. The number of hydrogen-bond donors (Lipinski definition) is 2. The fourth-order valence-corrected chi connectivity index (χ4v) is 4.37. The highest BCUT2D eigenvalue weighted by molar-refractivity contribution is 6.07. The van der Waals surface area contributed by atoms with E-state index in [0.29, 0.717) is 42.0 Å². The third kappa shape index (κ3) is 6.76. The minimum Gasteiger partial charge on any atom is -0.481 e. The van der Waals surface area contributed by atoms with Gasteiger partial charge in [0, 0.05) is 30.5 Å². The van der Waals surface area contributed by atoms with Crippen LogP contribution in [0, 0.1) is 0 Å². The largest absolute Gasteiger partial charge is 0.481 e. The Morgan fingerprint density at radius 3 is 2.40 bits per heavy atom. The Morgan fingerprint density at radius 2 is 1.77 bits per heavy atom. The Balaban J connectivity index is 0.00000441. The molecule has 2 aromatic carbocycles. The van der Waals surface area contributed by atoms with Crippen molar-refractivity contribution in [2.45, 2.75) is 39.3 Å². The molecule has 4 aromatic rings. The number of fused-ring (bicyclic) bond motifs is 1. The lowest BCUT2D eigenvalue weighted by atomic mass is 10.1. The normalized spacial score (nSPS) is 11.4. The Bertz CT molecular complexity index is 1470. The second-order valence-electron chi connectivity index (χ2n) is 8.96. The summed E-state index contributed by atoms with van der Waals surface area (Å²) in [6.07, 6.45) is 1.84. The van der Waals surface area contributed by atoms with Crippen molar-refractivity contribution in [3.63, 3.8) is 0 Å². The number of aryl methyl sites for hydroxylation is 1. The predicted octanol–water partition coefficient (Wildman–Crippen LogP) is 5.08. The van der Waals surface area contributed by atoms with Gasteiger partial charge in [-0.2, -0.15) is 0 Å². The molecule has 0 saturated heterocycles. The molecular formula is C29H32ClN5O5. The van der Waals surface area contributed by atoms with Crippen LogP contribution in [0.3, 0.4) is 0 Å². The van der Waals surface area contributed by atoms with Gasteiger partial charge in [0.2, 0.25) is 0 Å². The van der Waals surface area contributed by atoms with E-state index in [1.165, 1.54) is 4.90 Å². The molecule has 0 radical (unpaired) electrons. The number of aliphatic carboxylic acids is 1. The van der Waals surface area contributed by atoms with Gasteiger partial charge in [0.25, 0.3) is 5.91 Å². The van der Waals surface area contributed by atoms with Crippen LogP contribution in [-0.2, 0) is 23.1 Å². The fraction of sp³-hybridized carbons (Fsp3) is 0.276. The zero-order valence-corrected chi connectivity index (χ0v) is 23.4. The van der Waals surface area contributed by atoms with Crippen LogP contribution in [-0.4, -0.2) is 50.1 Å². The summed E-state index contributed by atoms with van der Waals surface area (Å²) in [5.41, 5.74) is 3.19. The summed E-state index contributed by atoms with van der Waals surface area (Å²) in [5.74, 6) is -0.530. The number of halogens is 1. The molecule has 10 nitrogen and oxygen atoms in total. The van der Waals surface area contributed by atoms with Gasteiger partial charge in [0.05, 0.1) is 36.2 Å². The highest BCUT2D eigenvalue weighted by Crippen LogP contribution is 2.24. The average molecular weight is 566 g/mol. The van der Waals surface area contributed by atoms with Crippen LogP contribution in [0.15, 0.2) is 66.9 Å². The first-order valence-electron chi connectivity index (χ1n) is 12.7. The number of aromatic nitrogens is 3. The zero-order chi connectivity index (χ0) is 27.9. The van der Waals surface area contributed by atoms with E-state index in [-0.39, 0.29) is 30.7 Å². The number of ether oxygens (including phenoxy) is 1. The monoisotopic (exact) mass is 565 g/mol. The molecule has 11 heteroatoms. The fourth-order valence-electron chi connectivity index (χ4n) is 4.37. The van der Waals surface area contributed by atoms with Crippen LogP contribution in [0.1, 0.15) is 53.2 Å². The van der Waals surface area contributed by atoms with Gasteiger partial charge >= 0.3 is 11.9 Å². The molecular weight excluding hydrogens is 534 g/mol. The molecule has 0 fully saturated rings. The van der Waals surface area contributed by atoms with E-state index in [1.54, 1.807) is 67.7 Å². The van der Waals surface area contributed by atoms with Crippen LogP contribution in [0.25, 0.3) is 11.0 Å². The van der Waals surface area contributed by atoms with Gasteiger partial charge in [0.15, 0.2) is 0 Å². The molecule has 0 aliphatic carbocycles. The first-order chi connectivity index (χ1) is 18.8. The number of benzene rings is 2. The lowest BCUT2D eigenvalue weighted by Gasteiger charge is -2.29. The van der Waals surface area contributed by atoms with E-state index in [9.17, 15) is 19.5 Å². The Hall–Kier alpha value is -4.44. The van der Waals surface area contributed by atoms with Crippen LogP contribution < -0.4 is 10.2 Å². The minimum absolute atomic E-state index is 0. The van der Waals surface area contributed by atoms with Gasteiger partial charge in [-0.05, 0) is 67.9 Å². The van der Waals surface area contributed by atoms with Gasteiger partial charge < -0.3 is 19.7 Å². The third-order valence-corrected chi connectivity index (χ3v) is 6.43. The summed E-state index contributed by atoms with van der Waals surface area (Å²) in [4.78, 5) is 47.6. The van der Waals surface area contributed by atoms with Crippen molar-refractivity contribution < 1.29 is 24.2 Å². The van der Waals surface area contributed by atoms with Crippen molar-refractivity contribution in [1.82, 2.24) is 14.5 Å². The number of anilines is 2. The van der Waals surface area contributed by atoms with E-state index in [0.717, 1.165) is 17.0 Å². The van der Waals surface area contributed by atoms with Gasteiger partial charge in [-0.1, -0.05) is 13.0 Å². The first kappa shape index (κ1) is 30.1. The van der Waals surface area contributed by atoms with E-state index in [1.807, 2.05) is 24.6 Å². The zero-order valence-electron chi connectivity index (χ0n) is 22.5. The topological polar surface area (TPSA) is 127 Å². The van der Waals surface area contributed by atoms with Gasteiger partial charge in [-0.25, -0.2) is 14.8 Å². The molecule has 0 saturated carbocycles. The highest BCUT2D eigenvalue weighted by Gasteiger charge is 2.28. The molecule has 1 atom stereocenters. The number of nitrogens with one attached hydrogen (secondary N) is 1.